The van der Waals surface area contributed by atoms with E-state index in [9.17, 15) is 9.18 Å². The zero-order valence-corrected chi connectivity index (χ0v) is 15.6. The van der Waals surface area contributed by atoms with E-state index >= 15 is 0 Å². The number of fused-ring (bicyclic) bond motifs is 2. The van der Waals surface area contributed by atoms with Crippen molar-refractivity contribution in [1.82, 2.24) is 24.2 Å². The van der Waals surface area contributed by atoms with Crippen LogP contribution in [-0.4, -0.2) is 37.9 Å². The van der Waals surface area contributed by atoms with Crippen molar-refractivity contribution in [2.24, 2.45) is 0 Å². The van der Waals surface area contributed by atoms with Crippen LogP contribution < -0.4 is 10.3 Å². The average Bonchev–Trinajstić information content (AvgIpc) is 3.07. The monoisotopic (exact) mass is 371 g/mol. The standard InChI is InChI=1S/C19H22FN5O2/c1-12(2)25-18-14(9-21-25)19(26)24-7-6-23(11-17(24)22-18)10-13-4-5-15(20)16(8-13)27-3/h4-5,8-9,12H,6-7,10-11H2,1-3H3. The predicted octanol–water partition coefficient (Wildman–Crippen LogP) is 2.34. The van der Waals surface area contributed by atoms with E-state index in [1.54, 1.807) is 27.6 Å². The number of benzene rings is 1. The molecule has 1 aliphatic rings. The molecule has 0 unspecified atom stereocenters. The second kappa shape index (κ2) is 6.77. The van der Waals surface area contributed by atoms with E-state index in [4.69, 9.17) is 9.72 Å². The van der Waals surface area contributed by atoms with E-state index in [2.05, 4.69) is 10.00 Å². The van der Waals surface area contributed by atoms with Gasteiger partial charge < -0.3 is 4.74 Å². The topological polar surface area (TPSA) is 65.2 Å². The zero-order valence-electron chi connectivity index (χ0n) is 15.6. The number of ether oxygens (including phenoxy) is 1. The molecule has 0 amide bonds. The number of halogens is 1. The van der Waals surface area contributed by atoms with Gasteiger partial charge in [-0.3, -0.25) is 14.3 Å². The fourth-order valence-electron chi connectivity index (χ4n) is 3.51. The molecule has 3 heterocycles. The summed E-state index contributed by atoms with van der Waals surface area (Å²) in [6, 6.07) is 5.01. The van der Waals surface area contributed by atoms with E-state index in [1.165, 1.54) is 13.2 Å². The van der Waals surface area contributed by atoms with Crippen molar-refractivity contribution in [3.63, 3.8) is 0 Å². The average molecular weight is 371 g/mol. The molecule has 1 aromatic carbocycles. The zero-order chi connectivity index (χ0) is 19.1. The molecule has 8 heteroatoms. The van der Waals surface area contributed by atoms with Crippen LogP contribution in [0.2, 0.25) is 0 Å². The minimum absolute atomic E-state index is 0.0370. The van der Waals surface area contributed by atoms with Crippen LogP contribution in [-0.2, 0) is 19.6 Å². The number of hydrogen-bond donors (Lipinski definition) is 0. The van der Waals surface area contributed by atoms with E-state index in [0.29, 0.717) is 30.7 Å². The van der Waals surface area contributed by atoms with Crippen LogP contribution in [0.3, 0.4) is 0 Å². The van der Waals surface area contributed by atoms with Crippen molar-refractivity contribution >= 4 is 11.0 Å². The van der Waals surface area contributed by atoms with Crippen molar-refractivity contribution in [2.45, 2.75) is 39.5 Å². The van der Waals surface area contributed by atoms with Gasteiger partial charge in [0.15, 0.2) is 17.2 Å². The number of aromatic nitrogens is 4. The Morgan fingerprint density at radius 1 is 1.30 bits per heavy atom. The Bertz CT molecular complexity index is 1060. The molecule has 3 aromatic rings. The van der Waals surface area contributed by atoms with Gasteiger partial charge in [-0.2, -0.15) is 5.10 Å². The highest BCUT2D eigenvalue weighted by atomic mass is 19.1. The lowest BCUT2D eigenvalue weighted by atomic mass is 10.2. The third-order valence-electron chi connectivity index (χ3n) is 4.91. The Morgan fingerprint density at radius 3 is 2.85 bits per heavy atom. The van der Waals surface area contributed by atoms with E-state index < -0.39 is 0 Å². The highest BCUT2D eigenvalue weighted by molar-refractivity contribution is 5.73. The summed E-state index contributed by atoms with van der Waals surface area (Å²) in [5.74, 6) is 0.597. The third-order valence-corrected chi connectivity index (χ3v) is 4.91. The van der Waals surface area contributed by atoms with Gasteiger partial charge >= 0.3 is 0 Å². The van der Waals surface area contributed by atoms with Gasteiger partial charge in [0, 0.05) is 25.7 Å². The maximum Gasteiger partial charge on any atom is 0.264 e. The lowest BCUT2D eigenvalue weighted by Crippen LogP contribution is -2.39. The third kappa shape index (κ3) is 3.10. The molecule has 142 valence electrons. The summed E-state index contributed by atoms with van der Waals surface area (Å²) in [6.07, 6.45) is 1.61. The summed E-state index contributed by atoms with van der Waals surface area (Å²) in [6.45, 7) is 6.50. The second-order valence-electron chi connectivity index (χ2n) is 7.08. The minimum Gasteiger partial charge on any atom is -0.494 e. The predicted molar refractivity (Wildman–Crippen MR) is 99.2 cm³/mol. The normalized spacial score (nSPS) is 14.7. The van der Waals surface area contributed by atoms with Crippen molar-refractivity contribution in [2.75, 3.05) is 13.7 Å². The summed E-state index contributed by atoms with van der Waals surface area (Å²) in [5, 5.41) is 4.88. The summed E-state index contributed by atoms with van der Waals surface area (Å²) >= 11 is 0. The van der Waals surface area contributed by atoms with Crippen molar-refractivity contribution in [1.29, 1.82) is 0 Å². The largest absolute Gasteiger partial charge is 0.494 e. The Morgan fingerprint density at radius 2 is 2.11 bits per heavy atom. The van der Waals surface area contributed by atoms with Crippen molar-refractivity contribution in [3.8, 4) is 5.75 Å². The maximum atomic E-state index is 13.6. The van der Waals surface area contributed by atoms with Crippen molar-refractivity contribution < 1.29 is 9.13 Å². The summed E-state index contributed by atoms with van der Waals surface area (Å²) in [4.78, 5) is 19.7. The van der Waals surface area contributed by atoms with Gasteiger partial charge in [0.2, 0.25) is 0 Å². The van der Waals surface area contributed by atoms with Crippen LogP contribution in [0.5, 0.6) is 5.75 Å². The first kappa shape index (κ1) is 17.7. The first-order valence-corrected chi connectivity index (χ1v) is 8.99. The van der Waals surface area contributed by atoms with Crippen molar-refractivity contribution in [3.05, 3.63) is 52.0 Å². The van der Waals surface area contributed by atoms with Crippen LogP contribution >= 0.6 is 0 Å². The molecule has 0 fully saturated rings. The fourth-order valence-corrected chi connectivity index (χ4v) is 3.51. The highest BCUT2D eigenvalue weighted by Crippen LogP contribution is 2.21. The number of nitrogens with zero attached hydrogens (tertiary/aromatic N) is 5. The first-order chi connectivity index (χ1) is 13.0. The molecule has 0 atom stereocenters. The molecule has 4 rings (SSSR count). The molecule has 0 aliphatic carbocycles. The Balaban J connectivity index is 1.64. The quantitative estimate of drug-likeness (QED) is 0.704. The van der Waals surface area contributed by atoms with Crippen LogP contribution in [0.15, 0.2) is 29.2 Å². The van der Waals surface area contributed by atoms with Gasteiger partial charge in [0.25, 0.3) is 5.56 Å². The lowest BCUT2D eigenvalue weighted by molar-refractivity contribution is 0.204. The minimum atomic E-state index is -0.372. The summed E-state index contributed by atoms with van der Waals surface area (Å²) in [7, 11) is 1.46. The van der Waals surface area contributed by atoms with Gasteiger partial charge in [-0.25, -0.2) is 14.1 Å². The molecule has 0 saturated heterocycles. The molecular weight excluding hydrogens is 349 g/mol. The van der Waals surface area contributed by atoms with Crippen LogP contribution in [0, 0.1) is 5.82 Å². The van der Waals surface area contributed by atoms with Gasteiger partial charge in [-0.15, -0.1) is 0 Å². The first-order valence-electron chi connectivity index (χ1n) is 8.99. The number of rotatable bonds is 4. The molecular formula is C19H22FN5O2. The Kier molecular flexibility index (Phi) is 4.43. The summed E-state index contributed by atoms with van der Waals surface area (Å²) < 4.78 is 22.2. The van der Waals surface area contributed by atoms with Crippen LogP contribution in [0.25, 0.3) is 11.0 Å². The molecule has 0 saturated carbocycles. The summed E-state index contributed by atoms with van der Waals surface area (Å²) in [5.41, 5.74) is 1.55. The van der Waals surface area contributed by atoms with Gasteiger partial charge in [-0.1, -0.05) is 6.07 Å². The highest BCUT2D eigenvalue weighted by Gasteiger charge is 2.22. The van der Waals surface area contributed by atoms with Crippen LogP contribution in [0.1, 0.15) is 31.3 Å². The van der Waals surface area contributed by atoms with Gasteiger partial charge in [0.05, 0.1) is 19.9 Å². The molecule has 27 heavy (non-hydrogen) atoms. The molecule has 0 bridgehead atoms. The number of hydrogen-bond acceptors (Lipinski definition) is 5. The molecule has 0 N–H and O–H groups in total. The SMILES string of the molecule is COc1cc(CN2CCn3c(nc4c(cnn4C(C)C)c3=O)C2)ccc1F. The Hall–Kier alpha value is -2.74. The maximum absolute atomic E-state index is 13.6. The lowest BCUT2D eigenvalue weighted by Gasteiger charge is -2.29. The smallest absolute Gasteiger partial charge is 0.264 e. The molecule has 2 aromatic heterocycles. The fraction of sp³-hybridized carbons (Fsp3) is 0.421. The van der Waals surface area contributed by atoms with Gasteiger partial charge in [-0.05, 0) is 31.5 Å². The van der Waals surface area contributed by atoms with Gasteiger partial charge in [0.1, 0.15) is 11.2 Å². The second-order valence-corrected chi connectivity index (χ2v) is 7.08. The van der Waals surface area contributed by atoms with E-state index in [0.717, 1.165) is 17.9 Å². The van der Waals surface area contributed by atoms with Crippen LogP contribution in [0.4, 0.5) is 4.39 Å². The Labute approximate surface area is 156 Å². The molecule has 0 radical (unpaired) electrons. The van der Waals surface area contributed by atoms with E-state index in [1.807, 2.05) is 13.8 Å². The number of methoxy groups -OCH3 is 1. The molecule has 1 aliphatic heterocycles. The molecule has 7 nitrogen and oxygen atoms in total. The molecule has 0 spiro atoms. The van der Waals surface area contributed by atoms with E-state index in [-0.39, 0.29) is 23.2 Å².